The predicted molar refractivity (Wildman–Crippen MR) is 37.8 cm³/mol. The number of hydrogen-bond donors (Lipinski definition) is 0. The van der Waals surface area contributed by atoms with Crippen molar-refractivity contribution < 1.29 is 13.2 Å². The summed E-state index contributed by atoms with van der Waals surface area (Å²) in [5.74, 6) is 0. The molecule has 0 radical (unpaired) electrons. The Morgan fingerprint density at radius 2 is 1.93 bits per heavy atom. The molecule has 14 heavy (non-hydrogen) atoms. The van der Waals surface area contributed by atoms with E-state index >= 15 is 0 Å². The minimum Gasteiger partial charge on any atom is -0.285 e. The molecule has 0 aliphatic rings. The van der Waals surface area contributed by atoms with Crippen LogP contribution in [0.15, 0.2) is 6.33 Å². The molecule has 0 N–H and O–H groups in total. The molecule has 0 fully saturated rings. The molecule has 0 aliphatic heterocycles. The second kappa shape index (κ2) is 3.79. The molecule has 0 saturated carbocycles. The zero-order valence-corrected chi connectivity index (χ0v) is 6.65. The highest BCUT2D eigenvalue weighted by molar-refractivity contribution is 5.36. The van der Waals surface area contributed by atoms with Crippen LogP contribution in [0.2, 0.25) is 0 Å². The van der Waals surface area contributed by atoms with Crippen molar-refractivity contribution in [3.05, 3.63) is 17.7 Å². The van der Waals surface area contributed by atoms with Crippen molar-refractivity contribution in [3.8, 4) is 12.1 Å². The van der Waals surface area contributed by atoms with Crippen LogP contribution in [-0.2, 0) is 0 Å². The van der Waals surface area contributed by atoms with E-state index in [0.717, 1.165) is 0 Å². The van der Waals surface area contributed by atoms with Crippen LogP contribution in [0.3, 0.4) is 0 Å². The minimum atomic E-state index is -3.26. The zero-order chi connectivity index (χ0) is 10.7. The highest BCUT2D eigenvalue weighted by Crippen LogP contribution is 2.20. The fourth-order valence-corrected chi connectivity index (χ4v) is 0.862. The Hall–Kier alpha value is -2.02. The van der Waals surface area contributed by atoms with E-state index < -0.39 is 18.4 Å². The fraction of sp³-hybridized carbons (Fsp3) is 0.286. The van der Waals surface area contributed by atoms with Crippen molar-refractivity contribution >= 4 is 0 Å². The lowest BCUT2D eigenvalue weighted by Gasteiger charge is -2.08. The number of nitrogens with zero attached hydrogens (tertiary/aromatic N) is 4. The molecule has 0 aromatic carbocycles. The van der Waals surface area contributed by atoms with Gasteiger partial charge in [-0.3, -0.25) is 4.57 Å². The molecule has 1 unspecified atom stereocenters. The highest BCUT2D eigenvalue weighted by atomic mass is 19.3. The predicted octanol–water partition coefficient (Wildman–Crippen LogP) is 1.36. The van der Waals surface area contributed by atoms with Crippen molar-refractivity contribution in [2.45, 2.75) is 12.7 Å². The molecule has 1 aromatic heterocycles. The lowest BCUT2D eigenvalue weighted by molar-refractivity contribution is 0.00749. The normalized spacial score (nSPS) is 12.1. The summed E-state index contributed by atoms with van der Waals surface area (Å²) in [6.07, 6.45) is -5.21. The first kappa shape index (κ1) is 10.1. The quantitative estimate of drug-likeness (QED) is 0.723. The number of hydrogen-bond acceptors (Lipinski definition) is 3. The van der Waals surface area contributed by atoms with Crippen LogP contribution in [-0.4, -0.2) is 16.0 Å². The molecule has 0 bridgehead atoms. The van der Waals surface area contributed by atoms with Gasteiger partial charge in [-0.05, 0) is 0 Å². The molecule has 72 valence electrons. The van der Waals surface area contributed by atoms with Gasteiger partial charge in [0.2, 0.25) is 6.30 Å². The van der Waals surface area contributed by atoms with Crippen LogP contribution in [0.5, 0.6) is 0 Å². The summed E-state index contributed by atoms with van der Waals surface area (Å²) < 4.78 is 37.0. The molecule has 1 heterocycles. The molecule has 4 nitrogen and oxygen atoms in total. The van der Waals surface area contributed by atoms with Crippen LogP contribution >= 0.6 is 0 Å². The van der Waals surface area contributed by atoms with E-state index in [0.29, 0.717) is 10.9 Å². The maximum Gasteiger partial charge on any atom is 0.288 e. The number of imidazole rings is 1. The number of aromatic nitrogens is 2. The molecule has 0 amide bonds. The third-order valence-corrected chi connectivity index (χ3v) is 1.48. The fourth-order valence-electron chi connectivity index (χ4n) is 0.862. The van der Waals surface area contributed by atoms with Gasteiger partial charge in [0, 0.05) is 0 Å². The molecule has 0 aliphatic carbocycles. The standard InChI is InChI=1S/C7H3F3N4/c8-6(9)7(10)14-3-13-4(1-11)5(14)2-12/h3,6-7H. The van der Waals surface area contributed by atoms with E-state index in [1.807, 2.05) is 0 Å². The van der Waals surface area contributed by atoms with E-state index in [1.54, 1.807) is 0 Å². The second-order valence-corrected chi connectivity index (χ2v) is 2.28. The van der Waals surface area contributed by atoms with Gasteiger partial charge in [-0.1, -0.05) is 0 Å². The average molecular weight is 200 g/mol. The van der Waals surface area contributed by atoms with Crippen LogP contribution in [0, 0.1) is 22.7 Å². The van der Waals surface area contributed by atoms with Crippen LogP contribution in [0.25, 0.3) is 0 Å². The maximum absolute atomic E-state index is 12.8. The second-order valence-electron chi connectivity index (χ2n) is 2.28. The van der Waals surface area contributed by atoms with Crippen molar-refractivity contribution in [1.82, 2.24) is 9.55 Å². The summed E-state index contributed by atoms with van der Waals surface area (Å²) in [5.41, 5.74) is -0.865. The monoisotopic (exact) mass is 200 g/mol. The molecular weight excluding hydrogens is 197 g/mol. The Labute approximate surface area is 76.8 Å². The molecule has 1 rings (SSSR count). The summed E-state index contributed by atoms with van der Waals surface area (Å²) >= 11 is 0. The van der Waals surface area contributed by atoms with E-state index in [-0.39, 0.29) is 5.69 Å². The van der Waals surface area contributed by atoms with Gasteiger partial charge in [0.05, 0.1) is 6.33 Å². The number of alkyl halides is 3. The lowest BCUT2D eigenvalue weighted by Crippen LogP contribution is -2.13. The van der Waals surface area contributed by atoms with Gasteiger partial charge in [0.1, 0.15) is 12.1 Å². The van der Waals surface area contributed by atoms with Gasteiger partial charge >= 0.3 is 0 Å². The van der Waals surface area contributed by atoms with Gasteiger partial charge < -0.3 is 0 Å². The molecular formula is C7H3F3N4. The SMILES string of the molecule is N#Cc1ncn(C(F)C(F)F)c1C#N. The largest absolute Gasteiger partial charge is 0.288 e. The Bertz CT molecular complexity index is 412. The Morgan fingerprint density at radius 1 is 1.29 bits per heavy atom. The Kier molecular flexibility index (Phi) is 2.73. The molecule has 0 saturated heterocycles. The third kappa shape index (κ3) is 1.52. The van der Waals surface area contributed by atoms with E-state index in [9.17, 15) is 13.2 Å². The lowest BCUT2D eigenvalue weighted by atomic mass is 10.3. The summed E-state index contributed by atoms with van der Waals surface area (Å²) in [6.45, 7) is 0. The summed E-state index contributed by atoms with van der Waals surface area (Å²) in [6, 6.07) is 2.93. The first-order valence-corrected chi connectivity index (χ1v) is 3.41. The van der Waals surface area contributed by atoms with Crippen molar-refractivity contribution in [2.75, 3.05) is 0 Å². The van der Waals surface area contributed by atoms with E-state index in [4.69, 9.17) is 10.5 Å². The summed E-state index contributed by atoms with van der Waals surface area (Å²) in [4.78, 5) is 3.31. The number of rotatable bonds is 2. The van der Waals surface area contributed by atoms with Crippen LogP contribution in [0.1, 0.15) is 17.7 Å². The van der Waals surface area contributed by atoms with Gasteiger partial charge in [0.25, 0.3) is 6.43 Å². The Morgan fingerprint density at radius 3 is 2.36 bits per heavy atom. The molecule has 1 atom stereocenters. The topological polar surface area (TPSA) is 65.4 Å². The maximum atomic E-state index is 12.8. The molecule has 0 spiro atoms. The molecule has 1 aromatic rings. The summed E-state index contributed by atoms with van der Waals surface area (Å²) in [5, 5.41) is 16.9. The third-order valence-electron chi connectivity index (χ3n) is 1.48. The van der Waals surface area contributed by atoms with E-state index in [2.05, 4.69) is 4.98 Å². The van der Waals surface area contributed by atoms with Crippen molar-refractivity contribution in [3.63, 3.8) is 0 Å². The minimum absolute atomic E-state index is 0.337. The Balaban J connectivity index is 3.19. The van der Waals surface area contributed by atoms with Gasteiger partial charge in [-0.15, -0.1) is 0 Å². The van der Waals surface area contributed by atoms with Gasteiger partial charge in [-0.25, -0.2) is 18.2 Å². The zero-order valence-electron chi connectivity index (χ0n) is 6.65. The smallest absolute Gasteiger partial charge is 0.285 e. The van der Waals surface area contributed by atoms with Gasteiger partial charge in [-0.2, -0.15) is 10.5 Å². The first-order chi connectivity index (χ1) is 6.61. The number of halogens is 3. The van der Waals surface area contributed by atoms with Crippen LogP contribution < -0.4 is 0 Å². The highest BCUT2D eigenvalue weighted by Gasteiger charge is 2.25. The molecule has 7 heteroatoms. The average Bonchev–Trinajstić information content (AvgIpc) is 2.58. The summed E-state index contributed by atoms with van der Waals surface area (Å²) in [7, 11) is 0. The van der Waals surface area contributed by atoms with Crippen molar-refractivity contribution in [2.24, 2.45) is 0 Å². The van der Waals surface area contributed by atoms with Crippen molar-refractivity contribution in [1.29, 1.82) is 10.5 Å². The first-order valence-electron chi connectivity index (χ1n) is 3.41. The van der Waals surface area contributed by atoms with Gasteiger partial charge in [0.15, 0.2) is 11.4 Å². The van der Waals surface area contributed by atoms with E-state index in [1.165, 1.54) is 12.1 Å². The van der Waals surface area contributed by atoms with Crippen LogP contribution in [0.4, 0.5) is 13.2 Å². The number of nitriles is 2.